The lowest BCUT2D eigenvalue weighted by Crippen LogP contribution is -1.92. The molecule has 4 rings (SSSR count). The average molecular weight is 284 g/mol. The predicted molar refractivity (Wildman–Crippen MR) is 92.0 cm³/mol. The van der Waals surface area contributed by atoms with Gasteiger partial charge in [-0.05, 0) is 36.6 Å². The van der Waals surface area contributed by atoms with E-state index in [9.17, 15) is 0 Å². The fourth-order valence-corrected chi connectivity index (χ4v) is 2.99. The second-order valence-electron chi connectivity index (χ2n) is 5.72. The maximum absolute atomic E-state index is 4.67. The Hall–Kier alpha value is -2.74. The van der Waals surface area contributed by atoms with Gasteiger partial charge in [0.1, 0.15) is 0 Å². The molecule has 0 saturated heterocycles. The van der Waals surface area contributed by atoms with Crippen LogP contribution in [-0.2, 0) is 0 Å². The van der Waals surface area contributed by atoms with Gasteiger partial charge in [-0.2, -0.15) is 0 Å². The molecule has 0 saturated carbocycles. The van der Waals surface area contributed by atoms with Crippen LogP contribution in [0.25, 0.3) is 32.9 Å². The van der Waals surface area contributed by atoms with Crippen LogP contribution < -0.4 is 0 Å². The smallest absolute Gasteiger partial charge is 0.0817 e. The molecule has 0 radical (unpaired) electrons. The van der Waals surface area contributed by atoms with Crippen molar-refractivity contribution in [2.45, 2.75) is 13.8 Å². The van der Waals surface area contributed by atoms with E-state index in [0.717, 1.165) is 21.8 Å². The van der Waals surface area contributed by atoms with Gasteiger partial charge >= 0.3 is 0 Å². The fraction of sp³-hybridized carbons (Fsp3) is 0.100. The number of aryl methyl sites for hydroxylation is 2. The van der Waals surface area contributed by atoms with Crippen LogP contribution in [-0.4, -0.2) is 9.97 Å². The number of fused-ring (bicyclic) bond motifs is 3. The molecule has 0 aliphatic rings. The summed E-state index contributed by atoms with van der Waals surface area (Å²) in [5, 5.41) is 2.22. The minimum Gasteiger partial charge on any atom is -0.255 e. The molecule has 2 aromatic carbocycles. The van der Waals surface area contributed by atoms with Crippen molar-refractivity contribution in [3.05, 3.63) is 72.1 Å². The highest BCUT2D eigenvalue weighted by Crippen LogP contribution is 2.33. The van der Waals surface area contributed by atoms with E-state index in [1.807, 2.05) is 30.6 Å². The molecule has 2 aromatic heterocycles. The molecule has 0 fully saturated rings. The van der Waals surface area contributed by atoms with Gasteiger partial charge in [0.2, 0.25) is 0 Å². The topological polar surface area (TPSA) is 25.8 Å². The van der Waals surface area contributed by atoms with Crippen LogP contribution in [0.4, 0.5) is 0 Å². The molecule has 0 amide bonds. The van der Waals surface area contributed by atoms with E-state index in [-0.39, 0.29) is 0 Å². The summed E-state index contributed by atoms with van der Waals surface area (Å²) in [6.07, 6.45) is 3.91. The Balaban J connectivity index is 2.11. The first-order valence-electron chi connectivity index (χ1n) is 7.44. The Kier molecular flexibility index (Phi) is 2.90. The van der Waals surface area contributed by atoms with Crippen LogP contribution in [0, 0.1) is 13.8 Å². The summed E-state index contributed by atoms with van der Waals surface area (Å²) in [6, 6.07) is 16.8. The molecule has 22 heavy (non-hydrogen) atoms. The van der Waals surface area contributed by atoms with Gasteiger partial charge in [-0.25, -0.2) is 0 Å². The van der Waals surface area contributed by atoms with E-state index >= 15 is 0 Å². The summed E-state index contributed by atoms with van der Waals surface area (Å²) < 4.78 is 0. The minimum atomic E-state index is 0.987. The quantitative estimate of drug-likeness (QED) is 0.456. The molecule has 2 heteroatoms. The van der Waals surface area contributed by atoms with Crippen LogP contribution in [0.15, 0.2) is 60.9 Å². The number of nitrogens with zero attached hydrogens (tertiary/aromatic N) is 2. The second kappa shape index (κ2) is 4.92. The molecule has 0 N–H and O–H groups in total. The molecule has 0 spiro atoms. The number of hydrogen-bond acceptors (Lipinski definition) is 2. The van der Waals surface area contributed by atoms with E-state index in [1.54, 1.807) is 0 Å². The van der Waals surface area contributed by atoms with Crippen LogP contribution in [0.1, 0.15) is 11.1 Å². The van der Waals surface area contributed by atoms with Gasteiger partial charge in [0.25, 0.3) is 0 Å². The Labute approximate surface area is 129 Å². The molecule has 0 aliphatic heterocycles. The van der Waals surface area contributed by atoms with Gasteiger partial charge in [0.05, 0.1) is 11.0 Å². The first kappa shape index (κ1) is 13.0. The van der Waals surface area contributed by atoms with Crippen molar-refractivity contribution in [2.75, 3.05) is 0 Å². The molecule has 0 unspecified atom stereocenters. The Bertz CT molecular complexity index is 986. The Morgan fingerprint density at radius 3 is 2.32 bits per heavy atom. The molecule has 4 aromatic rings. The first-order valence-corrected chi connectivity index (χ1v) is 7.44. The number of rotatable bonds is 1. The van der Waals surface area contributed by atoms with Gasteiger partial charge in [-0.15, -0.1) is 0 Å². The van der Waals surface area contributed by atoms with Gasteiger partial charge < -0.3 is 0 Å². The Morgan fingerprint density at radius 2 is 1.50 bits per heavy atom. The predicted octanol–water partition coefficient (Wildman–Crippen LogP) is 5.07. The van der Waals surface area contributed by atoms with Crippen LogP contribution >= 0.6 is 0 Å². The third kappa shape index (κ3) is 1.96. The number of hydrogen-bond donors (Lipinski definition) is 0. The lowest BCUT2D eigenvalue weighted by molar-refractivity contribution is 1.32. The third-order valence-electron chi connectivity index (χ3n) is 4.14. The van der Waals surface area contributed by atoms with Crippen molar-refractivity contribution in [3.63, 3.8) is 0 Å². The van der Waals surface area contributed by atoms with Gasteiger partial charge in [0.15, 0.2) is 0 Å². The van der Waals surface area contributed by atoms with Crippen molar-refractivity contribution < 1.29 is 0 Å². The summed E-state index contributed by atoms with van der Waals surface area (Å²) in [6.45, 7) is 4.22. The number of pyridine rings is 2. The Morgan fingerprint density at radius 1 is 0.727 bits per heavy atom. The summed E-state index contributed by atoms with van der Waals surface area (Å²) in [5.74, 6) is 0. The van der Waals surface area contributed by atoms with E-state index in [2.05, 4.69) is 54.1 Å². The lowest BCUT2D eigenvalue weighted by Gasteiger charge is -2.11. The van der Waals surface area contributed by atoms with Crippen molar-refractivity contribution in [1.29, 1.82) is 0 Å². The SMILES string of the molecule is Cc1ccc(-c2c(C)cnc3c2cnc2ccccc23)cc1. The van der Waals surface area contributed by atoms with Crippen molar-refractivity contribution in [1.82, 2.24) is 9.97 Å². The van der Waals surface area contributed by atoms with Crippen molar-refractivity contribution in [2.24, 2.45) is 0 Å². The molecule has 0 bridgehead atoms. The monoisotopic (exact) mass is 284 g/mol. The van der Waals surface area contributed by atoms with Gasteiger partial charge in [-0.3, -0.25) is 9.97 Å². The molecular weight excluding hydrogens is 268 g/mol. The summed E-state index contributed by atoms with van der Waals surface area (Å²) in [7, 11) is 0. The molecule has 2 nitrogen and oxygen atoms in total. The highest BCUT2D eigenvalue weighted by molar-refractivity contribution is 6.08. The van der Waals surface area contributed by atoms with Gasteiger partial charge in [0, 0.05) is 23.2 Å². The zero-order valence-corrected chi connectivity index (χ0v) is 12.7. The van der Waals surface area contributed by atoms with E-state index in [4.69, 9.17) is 0 Å². The summed E-state index contributed by atoms with van der Waals surface area (Å²) in [5.41, 5.74) is 6.89. The lowest BCUT2D eigenvalue weighted by atomic mass is 9.96. The van der Waals surface area contributed by atoms with E-state index in [0.29, 0.717) is 0 Å². The molecular formula is C20H16N2. The molecule has 106 valence electrons. The third-order valence-corrected chi connectivity index (χ3v) is 4.14. The average Bonchev–Trinajstić information content (AvgIpc) is 2.55. The summed E-state index contributed by atoms with van der Waals surface area (Å²) >= 11 is 0. The summed E-state index contributed by atoms with van der Waals surface area (Å²) in [4.78, 5) is 9.29. The van der Waals surface area contributed by atoms with Crippen LogP contribution in [0.2, 0.25) is 0 Å². The number of para-hydroxylation sites is 1. The van der Waals surface area contributed by atoms with E-state index in [1.165, 1.54) is 22.3 Å². The number of aromatic nitrogens is 2. The van der Waals surface area contributed by atoms with Crippen LogP contribution in [0.5, 0.6) is 0 Å². The van der Waals surface area contributed by atoms with Crippen LogP contribution in [0.3, 0.4) is 0 Å². The minimum absolute atomic E-state index is 0.987. The molecule has 0 aliphatic carbocycles. The van der Waals surface area contributed by atoms with Gasteiger partial charge in [-0.1, -0.05) is 48.0 Å². The largest absolute Gasteiger partial charge is 0.255 e. The second-order valence-corrected chi connectivity index (χ2v) is 5.72. The first-order chi connectivity index (χ1) is 10.7. The molecule has 0 atom stereocenters. The highest BCUT2D eigenvalue weighted by Gasteiger charge is 2.11. The highest BCUT2D eigenvalue weighted by atomic mass is 14.7. The standard InChI is InChI=1S/C20H16N2/c1-13-7-9-15(10-8-13)19-14(2)11-22-20-16-5-3-4-6-18(16)21-12-17(19)20/h3-12H,1-2H3. The maximum Gasteiger partial charge on any atom is 0.0817 e. The number of benzene rings is 2. The normalized spacial score (nSPS) is 11.2. The van der Waals surface area contributed by atoms with Crippen molar-refractivity contribution >= 4 is 21.8 Å². The molecule has 2 heterocycles. The zero-order chi connectivity index (χ0) is 15.1. The van der Waals surface area contributed by atoms with E-state index < -0.39 is 0 Å². The zero-order valence-electron chi connectivity index (χ0n) is 12.7. The fourth-order valence-electron chi connectivity index (χ4n) is 2.99. The maximum atomic E-state index is 4.67. The van der Waals surface area contributed by atoms with Crippen molar-refractivity contribution in [3.8, 4) is 11.1 Å².